The van der Waals surface area contributed by atoms with Gasteiger partial charge < -0.3 is 10.4 Å². The highest BCUT2D eigenvalue weighted by molar-refractivity contribution is 7.08. The van der Waals surface area contributed by atoms with Crippen LogP contribution in [0.1, 0.15) is 27.0 Å². The smallest absolute Gasteiger partial charge is 0.330 e. The highest BCUT2D eigenvalue weighted by Gasteiger charge is 2.24. The Balaban J connectivity index is 2.21. The topological polar surface area (TPSA) is 92.2 Å². The fourth-order valence-corrected chi connectivity index (χ4v) is 2.13. The standard InChI is InChI=1S/C12H11N3O3S/c1-7-10(19-15-14-7)11(16)13-9(12(17)18)8-5-3-2-4-6-8/h2-6,9H,1H3,(H,13,16)(H,17,18). The molecule has 0 saturated heterocycles. The lowest BCUT2D eigenvalue weighted by molar-refractivity contribution is -0.139. The highest BCUT2D eigenvalue weighted by Crippen LogP contribution is 2.15. The van der Waals surface area contributed by atoms with Gasteiger partial charge >= 0.3 is 5.97 Å². The number of carboxylic acids is 1. The van der Waals surface area contributed by atoms with E-state index in [2.05, 4.69) is 14.9 Å². The normalized spacial score (nSPS) is 11.8. The third-order valence-electron chi connectivity index (χ3n) is 2.51. The van der Waals surface area contributed by atoms with Crippen LogP contribution >= 0.6 is 11.5 Å². The summed E-state index contributed by atoms with van der Waals surface area (Å²) in [4.78, 5) is 23.5. The van der Waals surface area contributed by atoms with Gasteiger partial charge in [0.25, 0.3) is 5.91 Å². The Bertz CT molecular complexity index is 597. The third-order valence-corrected chi connectivity index (χ3v) is 3.34. The Morgan fingerprint density at radius 3 is 2.53 bits per heavy atom. The molecule has 2 rings (SSSR count). The number of hydrogen-bond acceptors (Lipinski definition) is 5. The van der Waals surface area contributed by atoms with Crippen LogP contribution in [0.4, 0.5) is 0 Å². The molecule has 0 spiro atoms. The van der Waals surface area contributed by atoms with E-state index in [-0.39, 0.29) is 0 Å². The van der Waals surface area contributed by atoms with Crippen LogP contribution < -0.4 is 5.32 Å². The largest absolute Gasteiger partial charge is 0.479 e. The van der Waals surface area contributed by atoms with Gasteiger partial charge in [-0.2, -0.15) is 0 Å². The molecule has 1 aromatic carbocycles. The lowest BCUT2D eigenvalue weighted by Gasteiger charge is -2.14. The van der Waals surface area contributed by atoms with Crippen molar-refractivity contribution in [3.8, 4) is 0 Å². The maximum Gasteiger partial charge on any atom is 0.330 e. The van der Waals surface area contributed by atoms with E-state index in [4.69, 9.17) is 0 Å². The first-order chi connectivity index (χ1) is 9.09. The second-order valence-corrected chi connectivity index (χ2v) is 4.60. The number of nitrogens with one attached hydrogen (secondary N) is 1. The van der Waals surface area contributed by atoms with Crippen molar-refractivity contribution in [2.75, 3.05) is 0 Å². The lowest BCUT2D eigenvalue weighted by atomic mass is 10.1. The molecule has 98 valence electrons. The minimum Gasteiger partial charge on any atom is -0.479 e. The van der Waals surface area contributed by atoms with Gasteiger partial charge in [0.15, 0.2) is 6.04 Å². The number of hydrogen-bond donors (Lipinski definition) is 2. The molecule has 19 heavy (non-hydrogen) atoms. The molecule has 0 fully saturated rings. The summed E-state index contributed by atoms with van der Waals surface area (Å²) in [6.45, 7) is 1.65. The molecule has 6 nitrogen and oxygen atoms in total. The summed E-state index contributed by atoms with van der Waals surface area (Å²) >= 11 is 0.940. The van der Waals surface area contributed by atoms with E-state index < -0.39 is 17.9 Å². The van der Waals surface area contributed by atoms with Crippen LogP contribution in [0.25, 0.3) is 0 Å². The summed E-state index contributed by atoms with van der Waals surface area (Å²) in [5.74, 6) is -1.60. The summed E-state index contributed by atoms with van der Waals surface area (Å²) in [7, 11) is 0. The molecule has 1 atom stereocenters. The van der Waals surface area contributed by atoms with Crippen LogP contribution in [0.3, 0.4) is 0 Å². The van der Waals surface area contributed by atoms with Crippen LogP contribution in [0.2, 0.25) is 0 Å². The fraction of sp³-hybridized carbons (Fsp3) is 0.167. The van der Waals surface area contributed by atoms with Gasteiger partial charge in [-0.25, -0.2) is 4.79 Å². The van der Waals surface area contributed by atoms with E-state index in [0.29, 0.717) is 16.1 Å². The number of aliphatic carboxylic acids is 1. The minimum atomic E-state index is -1.12. The van der Waals surface area contributed by atoms with Gasteiger partial charge in [0.05, 0.1) is 5.69 Å². The number of aromatic nitrogens is 2. The second-order valence-electron chi connectivity index (χ2n) is 3.84. The molecule has 2 aromatic rings. The van der Waals surface area contributed by atoms with Crippen molar-refractivity contribution >= 4 is 23.4 Å². The zero-order valence-corrected chi connectivity index (χ0v) is 10.8. The molecule has 1 unspecified atom stereocenters. The monoisotopic (exact) mass is 277 g/mol. The molecule has 1 aromatic heterocycles. The molecule has 0 aliphatic heterocycles. The number of carboxylic acid groups (broad SMARTS) is 1. The molecule has 0 bridgehead atoms. The van der Waals surface area contributed by atoms with Gasteiger partial charge in [-0.15, -0.1) is 5.10 Å². The molecular formula is C12H11N3O3S. The van der Waals surface area contributed by atoms with E-state index in [1.54, 1.807) is 37.3 Å². The highest BCUT2D eigenvalue weighted by atomic mass is 32.1. The van der Waals surface area contributed by atoms with Gasteiger partial charge in [-0.1, -0.05) is 34.8 Å². The van der Waals surface area contributed by atoms with Crippen LogP contribution in [-0.4, -0.2) is 26.6 Å². The van der Waals surface area contributed by atoms with Crippen molar-refractivity contribution in [2.24, 2.45) is 0 Å². The van der Waals surface area contributed by atoms with Gasteiger partial charge in [0.2, 0.25) is 0 Å². The third kappa shape index (κ3) is 2.94. The van der Waals surface area contributed by atoms with Crippen molar-refractivity contribution in [1.82, 2.24) is 14.9 Å². The maximum atomic E-state index is 12.0. The number of amides is 1. The summed E-state index contributed by atoms with van der Waals surface area (Å²) in [5.41, 5.74) is 0.998. The molecule has 2 N–H and O–H groups in total. The summed E-state index contributed by atoms with van der Waals surface area (Å²) in [6.07, 6.45) is 0. The Hall–Kier alpha value is -2.28. The van der Waals surface area contributed by atoms with E-state index in [9.17, 15) is 14.7 Å². The predicted octanol–water partition coefficient (Wildman–Crippen LogP) is 1.40. The SMILES string of the molecule is Cc1nnsc1C(=O)NC(C(=O)O)c1ccccc1. The predicted molar refractivity (Wildman–Crippen MR) is 68.9 cm³/mol. The van der Waals surface area contributed by atoms with E-state index in [1.165, 1.54) is 0 Å². The van der Waals surface area contributed by atoms with Gasteiger partial charge in [-0.3, -0.25) is 4.79 Å². The van der Waals surface area contributed by atoms with Crippen molar-refractivity contribution in [1.29, 1.82) is 0 Å². The molecule has 0 aliphatic carbocycles. The summed E-state index contributed by atoms with van der Waals surface area (Å²) in [5, 5.41) is 15.4. The average molecular weight is 277 g/mol. The number of aryl methyl sites for hydroxylation is 1. The molecule has 0 radical (unpaired) electrons. The van der Waals surface area contributed by atoms with Crippen LogP contribution in [-0.2, 0) is 4.79 Å². The van der Waals surface area contributed by atoms with Gasteiger partial charge in [0, 0.05) is 0 Å². The first-order valence-corrected chi connectivity index (χ1v) is 6.24. The number of rotatable bonds is 4. The summed E-state index contributed by atoms with van der Waals surface area (Å²) < 4.78 is 3.65. The Morgan fingerprint density at radius 1 is 1.32 bits per heavy atom. The van der Waals surface area contributed by atoms with E-state index in [1.807, 2.05) is 0 Å². The van der Waals surface area contributed by atoms with Gasteiger partial charge in [-0.05, 0) is 24.0 Å². The van der Waals surface area contributed by atoms with Crippen LogP contribution in [0.5, 0.6) is 0 Å². The summed E-state index contributed by atoms with van der Waals surface area (Å²) in [6, 6.07) is 7.43. The number of carbonyl (C=O) groups excluding carboxylic acids is 1. The van der Waals surface area contributed by atoms with Gasteiger partial charge in [0.1, 0.15) is 4.88 Å². The molecule has 1 heterocycles. The van der Waals surface area contributed by atoms with E-state index in [0.717, 1.165) is 11.5 Å². The number of benzene rings is 1. The van der Waals surface area contributed by atoms with Crippen molar-refractivity contribution < 1.29 is 14.7 Å². The van der Waals surface area contributed by atoms with Crippen molar-refractivity contribution in [2.45, 2.75) is 13.0 Å². The molecule has 0 saturated carbocycles. The van der Waals surface area contributed by atoms with Crippen molar-refractivity contribution in [3.63, 3.8) is 0 Å². The quantitative estimate of drug-likeness (QED) is 0.881. The minimum absolute atomic E-state index is 0.321. The Morgan fingerprint density at radius 2 is 2.00 bits per heavy atom. The first-order valence-electron chi connectivity index (χ1n) is 5.47. The average Bonchev–Trinajstić information content (AvgIpc) is 2.82. The van der Waals surface area contributed by atoms with E-state index >= 15 is 0 Å². The Kier molecular flexibility index (Phi) is 3.86. The number of nitrogens with zero attached hydrogens (tertiary/aromatic N) is 2. The number of carbonyl (C=O) groups is 2. The van der Waals surface area contributed by atoms with Crippen molar-refractivity contribution in [3.05, 3.63) is 46.5 Å². The second kappa shape index (κ2) is 5.57. The maximum absolute atomic E-state index is 12.0. The van der Waals surface area contributed by atoms with Crippen LogP contribution in [0, 0.1) is 6.92 Å². The zero-order valence-electron chi connectivity index (χ0n) is 10.0. The fourth-order valence-electron chi connectivity index (χ4n) is 1.57. The molecular weight excluding hydrogens is 266 g/mol. The molecule has 1 amide bonds. The zero-order chi connectivity index (χ0) is 13.8. The molecule has 7 heteroatoms. The van der Waals surface area contributed by atoms with Crippen LogP contribution in [0.15, 0.2) is 30.3 Å². The Labute approximate surface area is 113 Å². The first kappa shape index (κ1) is 13.2. The molecule has 0 aliphatic rings. The lowest BCUT2D eigenvalue weighted by Crippen LogP contribution is -2.33.